The second kappa shape index (κ2) is 6.71. The smallest absolute Gasteiger partial charge is 0.233 e. The van der Waals surface area contributed by atoms with Crippen molar-refractivity contribution in [2.24, 2.45) is 5.92 Å². The van der Waals surface area contributed by atoms with E-state index in [0.29, 0.717) is 12.5 Å². The van der Waals surface area contributed by atoms with Crippen molar-refractivity contribution in [1.82, 2.24) is 10.6 Å². The van der Waals surface area contributed by atoms with Crippen molar-refractivity contribution in [2.75, 3.05) is 13.1 Å². The van der Waals surface area contributed by atoms with Crippen LogP contribution < -0.4 is 10.6 Å². The normalized spacial score (nSPS) is 14.7. The van der Waals surface area contributed by atoms with Gasteiger partial charge in [-0.25, -0.2) is 0 Å². The summed E-state index contributed by atoms with van der Waals surface area (Å²) in [6.45, 7) is 6.07. The summed E-state index contributed by atoms with van der Waals surface area (Å²) in [5, 5.41) is 6.08. The largest absolute Gasteiger partial charge is 0.355 e. The number of carbonyl (C=O) groups is 1. The Kier molecular flexibility index (Phi) is 4.97. The summed E-state index contributed by atoms with van der Waals surface area (Å²) in [6, 6.07) is 8.75. The second-order valence-electron chi connectivity index (χ2n) is 5.82. The van der Waals surface area contributed by atoms with Gasteiger partial charge in [-0.1, -0.05) is 38.1 Å². The summed E-state index contributed by atoms with van der Waals surface area (Å²) in [7, 11) is 0. The first-order valence-electron chi connectivity index (χ1n) is 7.21. The van der Waals surface area contributed by atoms with Gasteiger partial charge in [0.2, 0.25) is 5.91 Å². The van der Waals surface area contributed by atoms with E-state index in [1.54, 1.807) is 0 Å². The molecule has 3 nitrogen and oxygen atoms in total. The Hall–Kier alpha value is -1.35. The Balaban J connectivity index is 1.65. The van der Waals surface area contributed by atoms with Crippen LogP contribution in [0.5, 0.6) is 0 Å². The van der Waals surface area contributed by atoms with E-state index >= 15 is 0 Å². The minimum atomic E-state index is 0.0725. The zero-order valence-electron chi connectivity index (χ0n) is 11.9. The molecule has 1 amide bonds. The van der Waals surface area contributed by atoms with Crippen LogP contribution in [-0.4, -0.2) is 19.0 Å². The highest BCUT2D eigenvalue weighted by Gasteiger charge is 2.22. The predicted octanol–water partition coefficient (Wildman–Crippen LogP) is 2.43. The van der Waals surface area contributed by atoms with Crippen molar-refractivity contribution >= 4 is 5.91 Å². The fourth-order valence-electron chi connectivity index (χ4n) is 2.03. The summed E-state index contributed by atoms with van der Waals surface area (Å²) < 4.78 is 0. The van der Waals surface area contributed by atoms with E-state index in [2.05, 4.69) is 48.7 Å². The number of hydrogen-bond donors (Lipinski definition) is 2. The molecular formula is C16H24N2O. The molecule has 1 saturated carbocycles. The number of benzene rings is 1. The van der Waals surface area contributed by atoms with Crippen LogP contribution in [0, 0.1) is 5.92 Å². The van der Waals surface area contributed by atoms with E-state index in [9.17, 15) is 4.79 Å². The molecule has 19 heavy (non-hydrogen) atoms. The van der Waals surface area contributed by atoms with Crippen LogP contribution >= 0.6 is 0 Å². The minimum Gasteiger partial charge on any atom is -0.355 e. The van der Waals surface area contributed by atoms with E-state index in [1.807, 2.05) is 0 Å². The molecule has 0 bridgehead atoms. The van der Waals surface area contributed by atoms with E-state index in [4.69, 9.17) is 0 Å². The third-order valence-electron chi connectivity index (χ3n) is 3.35. The van der Waals surface area contributed by atoms with E-state index in [0.717, 1.165) is 19.0 Å². The van der Waals surface area contributed by atoms with Crippen molar-refractivity contribution in [1.29, 1.82) is 0 Å². The topological polar surface area (TPSA) is 41.1 Å². The molecule has 1 aliphatic carbocycles. The fourth-order valence-corrected chi connectivity index (χ4v) is 2.03. The van der Waals surface area contributed by atoms with Crippen LogP contribution in [0.25, 0.3) is 0 Å². The lowest BCUT2D eigenvalue weighted by atomic mass is 10.1. The van der Waals surface area contributed by atoms with Crippen molar-refractivity contribution in [3.63, 3.8) is 0 Å². The lowest BCUT2D eigenvalue weighted by molar-refractivity contribution is -0.120. The van der Waals surface area contributed by atoms with E-state index in [1.165, 1.54) is 24.0 Å². The molecule has 1 fully saturated rings. The molecule has 0 aromatic heterocycles. The van der Waals surface area contributed by atoms with Gasteiger partial charge in [0, 0.05) is 13.1 Å². The van der Waals surface area contributed by atoms with Gasteiger partial charge in [-0.3, -0.25) is 4.79 Å². The van der Waals surface area contributed by atoms with Crippen LogP contribution in [0.1, 0.15) is 43.7 Å². The Labute approximate surface area is 115 Å². The van der Waals surface area contributed by atoms with Gasteiger partial charge in [-0.15, -0.1) is 0 Å². The SMILES string of the molecule is CC(C)CNC(=O)CNCc1ccc(C2CC2)cc1. The average Bonchev–Trinajstić information content (AvgIpc) is 3.21. The molecule has 0 aliphatic heterocycles. The molecule has 2 N–H and O–H groups in total. The lowest BCUT2D eigenvalue weighted by Gasteiger charge is -2.09. The molecule has 0 heterocycles. The number of nitrogens with one attached hydrogen (secondary N) is 2. The summed E-state index contributed by atoms with van der Waals surface area (Å²) in [6.07, 6.45) is 2.68. The number of rotatable bonds is 7. The quantitative estimate of drug-likeness (QED) is 0.790. The first-order chi connectivity index (χ1) is 9.15. The summed E-state index contributed by atoms with van der Waals surface area (Å²) in [5.74, 6) is 1.38. The third kappa shape index (κ3) is 5.03. The Morgan fingerprint density at radius 2 is 1.95 bits per heavy atom. The summed E-state index contributed by atoms with van der Waals surface area (Å²) >= 11 is 0. The van der Waals surface area contributed by atoms with Gasteiger partial charge in [-0.05, 0) is 35.8 Å². The molecule has 0 spiro atoms. The predicted molar refractivity (Wildman–Crippen MR) is 78.0 cm³/mol. The Bertz CT molecular complexity index is 407. The van der Waals surface area contributed by atoms with Crippen molar-refractivity contribution in [3.8, 4) is 0 Å². The number of hydrogen-bond acceptors (Lipinski definition) is 2. The monoisotopic (exact) mass is 260 g/mol. The van der Waals surface area contributed by atoms with Crippen LogP contribution in [-0.2, 0) is 11.3 Å². The molecule has 0 radical (unpaired) electrons. The second-order valence-corrected chi connectivity index (χ2v) is 5.82. The maximum atomic E-state index is 11.5. The van der Waals surface area contributed by atoms with Crippen LogP contribution in [0.15, 0.2) is 24.3 Å². The van der Waals surface area contributed by atoms with Gasteiger partial charge in [0.15, 0.2) is 0 Å². The van der Waals surface area contributed by atoms with Gasteiger partial charge in [-0.2, -0.15) is 0 Å². The Morgan fingerprint density at radius 1 is 1.26 bits per heavy atom. The van der Waals surface area contributed by atoms with Gasteiger partial charge in [0.1, 0.15) is 0 Å². The lowest BCUT2D eigenvalue weighted by Crippen LogP contribution is -2.35. The molecule has 0 unspecified atom stereocenters. The first kappa shape index (κ1) is 14.1. The molecule has 1 aromatic carbocycles. The highest BCUT2D eigenvalue weighted by Crippen LogP contribution is 2.39. The molecule has 0 atom stereocenters. The molecular weight excluding hydrogens is 236 g/mol. The maximum absolute atomic E-state index is 11.5. The van der Waals surface area contributed by atoms with Crippen molar-refractivity contribution in [2.45, 2.75) is 39.2 Å². The van der Waals surface area contributed by atoms with Gasteiger partial charge < -0.3 is 10.6 Å². The molecule has 1 aliphatic rings. The number of amides is 1. The van der Waals surface area contributed by atoms with Crippen molar-refractivity contribution in [3.05, 3.63) is 35.4 Å². The molecule has 3 heteroatoms. The zero-order chi connectivity index (χ0) is 13.7. The van der Waals surface area contributed by atoms with Crippen LogP contribution in [0.3, 0.4) is 0 Å². The molecule has 104 valence electrons. The summed E-state index contributed by atoms with van der Waals surface area (Å²) in [5.41, 5.74) is 2.69. The number of carbonyl (C=O) groups excluding carboxylic acids is 1. The van der Waals surface area contributed by atoms with Gasteiger partial charge >= 0.3 is 0 Å². The molecule has 0 saturated heterocycles. The van der Waals surface area contributed by atoms with Crippen LogP contribution in [0.4, 0.5) is 0 Å². The molecule has 1 aromatic rings. The zero-order valence-corrected chi connectivity index (χ0v) is 11.9. The summed E-state index contributed by atoms with van der Waals surface area (Å²) in [4.78, 5) is 11.5. The Morgan fingerprint density at radius 3 is 2.53 bits per heavy atom. The van der Waals surface area contributed by atoms with Gasteiger partial charge in [0.25, 0.3) is 0 Å². The molecule has 2 rings (SSSR count). The van der Waals surface area contributed by atoms with E-state index in [-0.39, 0.29) is 5.91 Å². The standard InChI is InChI=1S/C16H24N2O/c1-12(2)9-18-16(19)11-17-10-13-3-5-14(6-4-13)15-7-8-15/h3-6,12,15,17H,7-11H2,1-2H3,(H,18,19). The van der Waals surface area contributed by atoms with Crippen LogP contribution in [0.2, 0.25) is 0 Å². The average molecular weight is 260 g/mol. The maximum Gasteiger partial charge on any atom is 0.233 e. The van der Waals surface area contributed by atoms with E-state index < -0.39 is 0 Å². The fraction of sp³-hybridized carbons (Fsp3) is 0.562. The van der Waals surface area contributed by atoms with Crippen molar-refractivity contribution < 1.29 is 4.79 Å². The highest BCUT2D eigenvalue weighted by atomic mass is 16.1. The third-order valence-corrected chi connectivity index (χ3v) is 3.35. The minimum absolute atomic E-state index is 0.0725. The first-order valence-corrected chi connectivity index (χ1v) is 7.21. The van der Waals surface area contributed by atoms with Gasteiger partial charge in [0.05, 0.1) is 6.54 Å². The highest BCUT2D eigenvalue weighted by molar-refractivity contribution is 5.77.